The molecule has 2 atom stereocenters. The molecule has 3 rings (SSSR count). The van der Waals surface area contributed by atoms with Crippen LogP contribution >= 0.6 is 0 Å². The molecule has 2 aromatic rings. The SMILES string of the molecule is COC(=O)[C@@H]1C[C@H](NC(=O)c2ccccn2)CN1Cc1cccc(C)c1. The Kier molecular flexibility index (Phi) is 5.63. The molecule has 0 saturated carbocycles. The number of benzene rings is 1. The summed E-state index contributed by atoms with van der Waals surface area (Å²) in [6.45, 7) is 3.27. The fraction of sp³-hybridized carbons (Fsp3) is 0.350. The molecule has 1 fully saturated rings. The molecule has 1 amide bonds. The topological polar surface area (TPSA) is 71.5 Å². The standard InChI is InChI=1S/C20H23N3O3/c1-14-6-5-7-15(10-14)12-23-13-16(11-18(23)20(25)26-2)22-19(24)17-8-3-4-9-21-17/h3-10,16,18H,11-13H2,1-2H3,(H,22,24)/t16-,18-/m0/s1. The second-order valence-corrected chi connectivity index (χ2v) is 6.58. The van der Waals surface area contributed by atoms with Crippen molar-refractivity contribution in [3.63, 3.8) is 0 Å². The van der Waals surface area contributed by atoms with Crippen molar-refractivity contribution in [2.75, 3.05) is 13.7 Å². The number of ether oxygens (including phenoxy) is 1. The number of methoxy groups -OCH3 is 1. The molecular weight excluding hydrogens is 330 g/mol. The number of nitrogens with zero attached hydrogens (tertiary/aromatic N) is 2. The summed E-state index contributed by atoms with van der Waals surface area (Å²) in [5.41, 5.74) is 2.69. The van der Waals surface area contributed by atoms with Crippen molar-refractivity contribution in [1.82, 2.24) is 15.2 Å². The van der Waals surface area contributed by atoms with Crippen LogP contribution in [0.1, 0.15) is 28.0 Å². The molecule has 0 aliphatic carbocycles. The van der Waals surface area contributed by atoms with Crippen molar-refractivity contribution in [1.29, 1.82) is 0 Å². The van der Waals surface area contributed by atoms with Crippen LogP contribution in [0, 0.1) is 6.92 Å². The molecule has 0 spiro atoms. The van der Waals surface area contributed by atoms with Crippen LogP contribution in [0.3, 0.4) is 0 Å². The summed E-state index contributed by atoms with van der Waals surface area (Å²) in [6, 6.07) is 12.9. The first-order chi connectivity index (χ1) is 12.6. The van der Waals surface area contributed by atoms with E-state index in [1.807, 2.05) is 25.1 Å². The summed E-state index contributed by atoms with van der Waals surface area (Å²) in [5, 5.41) is 2.98. The maximum Gasteiger partial charge on any atom is 0.323 e. The lowest BCUT2D eigenvalue weighted by molar-refractivity contribution is -0.146. The van der Waals surface area contributed by atoms with E-state index in [9.17, 15) is 9.59 Å². The zero-order valence-electron chi connectivity index (χ0n) is 15.0. The van der Waals surface area contributed by atoms with Gasteiger partial charge in [0.1, 0.15) is 11.7 Å². The lowest BCUT2D eigenvalue weighted by Gasteiger charge is -2.22. The molecule has 1 aliphatic heterocycles. The van der Waals surface area contributed by atoms with Crippen LogP contribution in [0.15, 0.2) is 48.7 Å². The highest BCUT2D eigenvalue weighted by Crippen LogP contribution is 2.22. The van der Waals surface area contributed by atoms with E-state index in [4.69, 9.17) is 4.74 Å². The maximum absolute atomic E-state index is 12.3. The normalized spacial score (nSPS) is 19.9. The van der Waals surface area contributed by atoms with Gasteiger partial charge in [-0.05, 0) is 31.0 Å². The molecule has 1 saturated heterocycles. The number of hydrogen-bond acceptors (Lipinski definition) is 5. The molecule has 6 nitrogen and oxygen atoms in total. The van der Waals surface area contributed by atoms with Gasteiger partial charge in [-0.15, -0.1) is 0 Å². The average molecular weight is 353 g/mol. The van der Waals surface area contributed by atoms with Crippen LogP contribution < -0.4 is 5.32 Å². The van der Waals surface area contributed by atoms with E-state index in [2.05, 4.69) is 21.3 Å². The Bertz CT molecular complexity index is 779. The van der Waals surface area contributed by atoms with Gasteiger partial charge in [-0.1, -0.05) is 35.9 Å². The number of nitrogens with one attached hydrogen (secondary N) is 1. The fourth-order valence-corrected chi connectivity index (χ4v) is 3.37. The van der Waals surface area contributed by atoms with Crippen molar-refractivity contribution in [2.24, 2.45) is 0 Å². The highest BCUT2D eigenvalue weighted by atomic mass is 16.5. The monoisotopic (exact) mass is 353 g/mol. The molecule has 0 unspecified atom stereocenters. The summed E-state index contributed by atoms with van der Waals surface area (Å²) < 4.78 is 4.96. The van der Waals surface area contributed by atoms with Crippen LogP contribution in [0.5, 0.6) is 0 Å². The third-order valence-electron chi connectivity index (χ3n) is 4.58. The Morgan fingerprint density at radius 2 is 2.12 bits per heavy atom. The zero-order valence-corrected chi connectivity index (χ0v) is 15.0. The molecule has 1 aliphatic rings. The van der Waals surface area contributed by atoms with E-state index in [0.717, 1.165) is 5.56 Å². The first kappa shape index (κ1) is 18.1. The Balaban J connectivity index is 1.70. The molecule has 1 N–H and O–H groups in total. The van der Waals surface area contributed by atoms with E-state index in [-0.39, 0.29) is 24.0 Å². The largest absolute Gasteiger partial charge is 0.468 e. The summed E-state index contributed by atoms with van der Waals surface area (Å²) in [7, 11) is 1.40. The molecule has 6 heteroatoms. The second-order valence-electron chi connectivity index (χ2n) is 6.58. The summed E-state index contributed by atoms with van der Waals surface area (Å²) in [5.74, 6) is -0.496. The molecule has 26 heavy (non-hydrogen) atoms. The van der Waals surface area contributed by atoms with Crippen LogP contribution in [0.2, 0.25) is 0 Å². The number of aryl methyl sites for hydroxylation is 1. The number of hydrogen-bond donors (Lipinski definition) is 1. The molecular formula is C20H23N3O3. The predicted molar refractivity (Wildman–Crippen MR) is 97.5 cm³/mol. The van der Waals surface area contributed by atoms with Gasteiger partial charge in [0.15, 0.2) is 0 Å². The second kappa shape index (κ2) is 8.10. The average Bonchev–Trinajstić information content (AvgIpc) is 3.04. The summed E-state index contributed by atoms with van der Waals surface area (Å²) in [4.78, 5) is 30.7. The van der Waals surface area contributed by atoms with Gasteiger partial charge in [0.2, 0.25) is 0 Å². The van der Waals surface area contributed by atoms with Crippen LogP contribution in [0.25, 0.3) is 0 Å². The van der Waals surface area contributed by atoms with E-state index in [1.165, 1.54) is 12.7 Å². The number of likely N-dealkylation sites (tertiary alicyclic amines) is 1. The van der Waals surface area contributed by atoms with Gasteiger partial charge in [-0.2, -0.15) is 0 Å². The Hall–Kier alpha value is -2.73. The lowest BCUT2D eigenvalue weighted by Crippen LogP contribution is -2.38. The van der Waals surface area contributed by atoms with Gasteiger partial charge < -0.3 is 10.1 Å². The van der Waals surface area contributed by atoms with Crippen molar-refractivity contribution in [3.8, 4) is 0 Å². The third kappa shape index (κ3) is 4.26. The smallest absolute Gasteiger partial charge is 0.323 e. The van der Waals surface area contributed by atoms with E-state index in [0.29, 0.717) is 25.2 Å². The predicted octanol–water partition coefficient (Wildman–Crippen LogP) is 1.94. The van der Waals surface area contributed by atoms with E-state index in [1.54, 1.807) is 24.4 Å². The van der Waals surface area contributed by atoms with Gasteiger partial charge >= 0.3 is 5.97 Å². The number of amides is 1. The molecule has 136 valence electrons. The number of carbonyl (C=O) groups is 2. The van der Waals surface area contributed by atoms with Gasteiger partial charge in [0.05, 0.1) is 7.11 Å². The highest BCUT2D eigenvalue weighted by Gasteiger charge is 2.38. The maximum atomic E-state index is 12.3. The summed E-state index contributed by atoms with van der Waals surface area (Å²) >= 11 is 0. The van der Waals surface area contributed by atoms with Crippen molar-refractivity contribution >= 4 is 11.9 Å². The molecule has 2 heterocycles. The number of rotatable bonds is 5. The first-order valence-corrected chi connectivity index (χ1v) is 8.66. The van der Waals surface area contributed by atoms with Crippen molar-refractivity contribution in [3.05, 3.63) is 65.5 Å². The Morgan fingerprint density at radius 1 is 1.27 bits per heavy atom. The van der Waals surface area contributed by atoms with Crippen molar-refractivity contribution < 1.29 is 14.3 Å². The number of carbonyl (C=O) groups excluding carboxylic acids is 2. The zero-order chi connectivity index (χ0) is 18.5. The lowest BCUT2D eigenvalue weighted by atomic mass is 10.1. The number of esters is 1. The number of aromatic nitrogens is 1. The van der Waals surface area contributed by atoms with Crippen LogP contribution in [-0.4, -0.2) is 47.5 Å². The van der Waals surface area contributed by atoms with Gasteiger partial charge in [-0.25, -0.2) is 0 Å². The molecule has 1 aromatic heterocycles. The summed E-state index contributed by atoms with van der Waals surface area (Å²) in [6.07, 6.45) is 2.11. The van der Waals surface area contributed by atoms with Crippen molar-refractivity contribution in [2.45, 2.75) is 32.0 Å². The minimum atomic E-state index is -0.366. The Labute approximate surface area is 153 Å². The molecule has 0 radical (unpaired) electrons. The first-order valence-electron chi connectivity index (χ1n) is 8.66. The third-order valence-corrected chi connectivity index (χ3v) is 4.58. The van der Waals surface area contributed by atoms with Crippen LogP contribution in [-0.2, 0) is 16.1 Å². The fourth-order valence-electron chi connectivity index (χ4n) is 3.37. The van der Waals surface area contributed by atoms with Crippen LogP contribution in [0.4, 0.5) is 0 Å². The van der Waals surface area contributed by atoms with E-state index >= 15 is 0 Å². The highest BCUT2D eigenvalue weighted by molar-refractivity contribution is 5.92. The van der Waals surface area contributed by atoms with Gasteiger partial charge in [-0.3, -0.25) is 19.5 Å². The minimum absolute atomic E-state index is 0.126. The van der Waals surface area contributed by atoms with E-state index < -0.39 is 0 Å². The Morgan fingerprint density at radius 3 is 2.81 bits per heavy atom. The van der Waals surface area contributed by atoms with Gasteiger partial charge in [0, 0.05) is 25.3 Å². The quantitative estimate of drug-likeness (QED) is 0.832. The number of pyridine rings is 1. The minimum Gasteiger partial charge on any atom is -0.468 e. The molecule has 0 bridgehead atoms. The molecule has 1 aromatic carbocycles. The van der Waals surface area contributed by atoms with Gasteiger partial charge in [0.25, 0.3) is 5.91 Å².